The average Bonchev–Trinajstić information content (AvgIpc) is 2.23. The van der Waals surface area contributed by atoms with Gasteiger partial charge < -0.3 is 10.2 Å². The third-order valence-corrected chi connectivity index (χ3v) is 3.23. The third kappa shape index (κ3) is 3.98. The molecular formula is C11H20N4S. The molecule has 0 radical (unpaired) electrons. The Kier molecular flexibility index (Phi) is 5.55. The lowest BCUT2D eigenvalue weighted by Gasteiger charge is -2.11. The van der Waals surface area contributed by atoms with E-state index in [-0.39, 0.29) is 0 Å². The van der Waals surface area contributed by atoms with Gasteiger partial charge in [0.05, 0.1) is 0 Å². The Morgan fingerprint density at radius 3 is 2.75 bits per heavy atom. The van der Waals surface area contributed by atoms with E-state index in [0.717, 1.165) is 35.2 Å². The van der Waals surface area contributed by atoms with E-state index in [1.54, 1.807) is 18.1 Å². The lowest BCUT2D eigenvalue weighted by Crippen LogP contribution is -2.15. The van der Waals surface area contributed by atoms with Crippen molar-refractivity contribution in [2.24, 2.45) is 0 Å². The highest BCUT2D eigenvalue weighted by molar-refractivity contribution is 7.99. The van der Waals surface area contributed by atoms with Gasteiger partial charge in [0.15, 0.2) is 0 Å². The zero-order valence-corrected chi connectivity index (χ0v) is 11.3. The fourth-order valence-electron chi connectivity index (χ4n) is 1.25. The minimum absolute atomic E-state index is 0.889. The van der Waals surface area contributed by atoms with Gasteiger partial charge in [-0.3, -0.25) is 0 Å². The summed E-state index contributed by atoms with van der Waals surface area (Å²) in [5, 5.41) is 4.32. The Bertz CT molecular complexity index is 328. The quantitative estimate of drug-likeness (QED) is 0.607. The van der Waals surface area contributed by atoms with Crippen molar-refractivity contribution in [2.75, 3.05) is 38.3 Å². The summed E-state index contributed by atoms with van der Waals surface area (Å²) in [5.74, 6) is 2.00. The van der Waals surface area contributed by atoms with Crippen LogP contribution >= 0.6 is 11.8 Å². The highest BCUT2D eigenvalue weighted by Gasteiger charge is 2.06. The van der Waals surface area contributed by atoms with Crippen LogP contribution in [0.2, 0.25) is 0 Å². The van der Waals surface area contributed by atoms with Gasteiger partial charge in [-0.25, -0.2) is 9.97 Å². The molecule has 1 aromatic heterocycles. The molecule has 0 spiro atoms. The van der Waals surface area contributed by atoms with Gasteiger partial charge in [0.1, 0.15) is 17.2 Å². The molecule has 0 unspecified atom stereocenters. The summed E-state index contributed by atoms with van der Waals surface area (Å²) in [6.07, 6.45) is 1.63. The molecule has 0 saturated heterocycles. The van der Waals surface area contributed by atoms with E-state index in [1.165, 1.54) is 0 Å². The predicted molar refractivity (Wildman–Crippen MR) is 70.2 cm³/mol. The molecule has 1 rings (SSSR count). The van der Waals surface area contributed by atoms with Gasteiger partial charge in [-0.05, 0) is 27.9 Å². The first kappa shape index (κ1) is 13.3. The summed E-state index contributed by atoms with van der Waals surface area (Å²) < 4.78 is 0. The second-order valence-corrected chi connectivity index (χ2v) is 4.92. The van der Waals surface area contributed by atoms with Gasteiger partial charge in [-0.1, -0.05) is 0 Å². The van der Waals surface area contributed by atoms with Crippen LogP contribution in [0.25, 0.3) is 0 Å². The van der Waals surface area contributed by atoms with Crippen molar-refractivity contribution < 1.29 is 0 Å². The van der Waals surface area contributed by atoms with E-state index in [0.29, 0.717) is 0 Å². The standard InChI is InChI=1S/C11H20N4S/c1-5-12-10-9(2)11(14-8-13-10)16-7-6-15(3)4/h8H,5-7H2,1-4H3,(H,12,13,14). The Morgan fingerprint density at radius 2 is 2.12 bits per heavy atom. The largest absolute Gasteiger partial charge is 0.370 e. The van der Waals surface area contributed by atoms with Crippen LogP contribution in [-0.2, 0) is 0 Å². The Morgan fingerprint density at radius 1 is 1.38 bits per heavy atom. The summed E-state index contributed by atoms with van der Waals surface area (Å²) in [4.78, 5) is 10.7. The maximum absolute atomic E-state index is 4.31. The second kappa shape index (κ2) is 6.70. The van der Waals surface area contributed by atoms with E-state index < -0.39 is 0 Å². The lowest BCUT2D eigenvalue weighted by atomic mass is 10.3. The number of nitrogens with zero attached hydrogens (tertiary/aromatic N) is 3. The average molecular weight is 240 g/mol. The third-order valence-electron chi connectivity index (χ3n) is 2.16. The summed E-state index contributed by atoms with van der Waals surface area (Å²) in [6.45, 7) is 6.08. The molecule has 4 nitrogen and oxygen atoms in total. The van der Waals surface area contributed by atoms with Gasteiger partial charge in [-0.15, -0.1) is 11.8 Å². The molecule has 0 amide bonds. The summed E-state index contributed by atoms with van der Waals surface area (Å²) >= 11 is 1.78. The highest BCUT2D eigenvalue weighted by atomic mass is 32.2. The molecule has 90 valence electrons. The van der Waals surface area contributed by atoms with Crippen LogP contribution in [-0.4, -0.2) is 47.8 Å². The van der Waals surface area contributed by atoms with Gasteiger partial charge in [0.25, 0.3) is 0 Å². The molecule has 1 heterocycles. The van der Waals surface area contributed by atoms with Gasteiger partial charge >= 0.3 is 0 Å². The summed E-state index contributed by atoms with van der Waals surface area (Å²) in [7, 11) is 4.16. The molecule has 0 saturated carbocycles. The number of hydrogen-bond acceptors (Lipinski definition) is 5. The maximum Gasteiger partial charge on any atom is 0.133 e. The minimum Gasteiger partial charge on any atom is -0.370 e. The number of aromatic nitrogens is 2. The number of rotatable bonds is 6. The molecule has 0 atom stereocenters. The number of anilines is 1. The van der Waals surface area contributed by atoms with Gasteiger partial charge in [0.2, 0.25) is 0 Å². The fourth-order valence-corrected chi connectivity index (χ4v) is 2.33. The van der Waals surface area contributed by atoms with Crippen molar-refractivity contribution in [2.45, 2.75) is 18.9 Å². The normalized spacial score (nSPS) is 10.8. The topological polar surface area (TPSA) is 41.1 Å². The van der Waals surface area contributed by atoms with Crippen molar-refractivity contribution in [3.8, 4) is 0 Å². The van der Waals surface area contributed by atoms with Crippen LogP contribution in [0, 0.1) is 6.92 Å². The van der Waals surface area contributed by atoms with Crippen LogP contribution in [0.3, 0.4) is 0 Å². The van der Waals surface area contributed by atoms with Gasteiger partial charge in [0, 0.05) is 24.4 Å². The van der Waals surface area contributed by atoms with E-state index in [9.17, 15) is 0 Å². The first-order valence-corrected chi connectivity index (χ1v) is 6.46. The molecule has 5 heteroatoms. The lowest BCUT2D eigenvalue weighted by molar-refractivity contribution is 0.437. The molecule has 0 aliphatic carbocycles. The molecular weight excluding hydrogens is 220 g/mol. The Hall–Kier alpha value is -0.810. The molecule has 0 aromatic carbocycles. The summed E-state index contributed by atoms with van der Waals surface area (Å²) in [6, 6.07) is 0. The predicted octanol–water partition coefficient (Wildman–Crippen LogP) is 1.87. The van der Waals surface area contributed by atoms with E-state index in [4.69, 9.17) is 0 Å². The van der Waals surface area contributed by atoms with Crippen LogP contribution < -0.4 is 5.32 Å². The van der Waals surface area contributed by atoms with Crippen molar-refractivity contribution in [3.63, 3.8) is 0 Å². The Balaban J connectivity index is 2.62. The van der Waals surface area contributed by atoms with Crippen LogP contribution in [0.5, 0.6) is 0 Å². The number of nitrogens with one attached hydrogen (secondary N) is 1. The zero-order valence-electron chi connectivity index (χ0n) is 10.4. The number of thioether (sulfide) groups is 1. The summed E-state index contributed by atoms with van der Waals surface area (Å²) in [5.41, 5.74) is 1.15. The smallest absolute Gasteiger partial charge is 0.133 e. The molecule has 0 aliphatic rings. The van der Waals surface area contributed by atoms with E-state index in [1.807, 2.05) is 0 Å². The van der Waals surface area contributed by atoms with Crippen LogP contribution in [0.4, 0.5) is 5.82 Å². The minimum atomic E-state index is 0.889. The fraction of sp³-hybridized carbons (Fsp3) is 0.636. The Labute approximate surface area is 102 Å². The first-order chi connectivity index (χ1) is 7.65. The van der Waals surface area contributed by atoms with E-state index >= 15 is 0 Å². The molecule has 1 aromatic rings. The maximum atomic E-state index is 4.31. The highest BCUT2D eigenvalue weighted by Crippen LogP contribution is 2.23. The molecule has 0 fully saturated rings. The van der Waals surface area contributed by atoms with Crippen molar-refractivity contribution in [1.82, 2.24) is 14.9 Å². The SMILES string of the molecule is CCNc1ncnc(SCCN(C)C)c1C. The second-order valence-electron chi connectivity index (χ2n) is 3.83. The van der Waals surface area contributed by atoms with E-state index in [2.05, 4.69) is 48.1 Å². The van der Waals surface area contributed by atoms with Crippen LogP contribution in [0.15, 0.2) is 11.4 Å². The van der Waals surface area contributed by atoms with Crippen LogP contribution in [0.1, 0.15) is 12.5 Å². The van der Waals surface area contributed by atoms with Gasteiger partial charge in [-0.2, -0.15) is 0 Å². The van der Waals surface area contributed by atoms with Crippen molar-refractivity contribution in [1.29, 1.82) is 0 Å². The van der Waals surface area contributed by atoms with Crippen molar-refractivity contribution >= 4 is 17.6 Å². The molecule has 0 bridgehead atoms. The first-order valence-electron chi connectivity index (χ1n) is 5.48. The monoisotopic (exact) mass is 240 g/mol. The molecule has 0 aliphatic heterocycles. The zero-order chi connectivity index (χ0) is 12.0. The molecule has 16 heavy (non-hydrogen) atoms. The molecule has 1 N–H and O–H groups in total. The van der Waals surface area contributed by atoms with Crippen molar-refractivity contribution in [3.05, 3.63) is 11.9 Å². The number of hydrogen-bond donors (Lipinski definition) is 1.